The Labute approximate surface area is 135 Å². The maximum Gasteiger partial charge on any atom is 0.187 e. The molecule has 0 aromatic heterocycles. The highest BCUT2D eigenvalue weighted by atomic mass is 35.5. The number of allylic oxidation sites excluding steroid dienone is 2. The number of hydrogen-bond acceptors (Lipinski definition) is 3. The van der Waals surface area contributed by atoms with Crippen LogP contribution in [-0.4, -0.2) is 12.9 Å². The lowest BCUT2D eigenvalue weighted by Gasteiger charge is -2.10. The molecule has 0 unspecified atom stereocenters. The molecule has 22 heavy (non-hydrogen) atoms. The van der Waals surface area contributed by atoms with Crippen molar-refractivity contribution in [3.63, 3.8) is 0 Å². The van der Waals surface area contributed by atoms with E-state index in [9.17, 15) is 4.79 Å². The van der Waals surface area contributed by atoms with E-state index in [0.717, 1.165) is 22.7 Å². The number of hydrogen-bond donors (Lipinski definition) is 1. The number of carbonyl (C=O) groups excluding carboxylic acids is 1. The maximum absolute atomic E-state index is 12.2. The van der Waals surface area contributed by atoms with Crippen molar-refractivity contribution >= 4 is 23.1 Å². The van der Waals surface area contributed by atoms with E-state index >= 15 is 0 Å². The minimum Gasteiger partial charge on any atom is -0.497 e. The molecule has 4 heteroatoms. The van der Waals surface area contributed by atoms with Gasteiger partial charge in [0.15, 0.2) is 5.78 Å². The van der Waals surface area contributed by atoms with Gasteiger partial charge in [-0.3, -0.25) is 4.79 Å². The van der Waals surface area contributed by atoms with Crippen LogP contribution in [0.1, 0.15) is 22.8 Å². The summed E-state index contributed by atoms with van der Waals surface area (Å²) in [5.41, 5.74) is 3.33. The highest BCUT2D eigenvalue weighted by Gasteiger charge is 2.05. The Morgan fingerprint density at radius 3 is 2.50 bits per heavy atom. The van der Waals surface area contributed by atoms with Gasteiger partial charge >= 0.3 is 0 Å². The third-order valence-corrected chi connectivity index (χ3v) is 3.49. The molecule has 3 nitrogen and oxygen atoms in total. The predicted molar refractivity (Wildman–Crippen MR) is 90.9 cm³/mol. The first-order chi connectivity index (χ1) is 10.5. The average Bonchev–Trinajstić information content (AvgIpc) is 2.51. The number of ketones is 1. The quantitative estimate of drug-likeness (QED) is 0.633. The van der Waals surface area contributed by atoms with Crippen molar-refractivity contribution < 1.29 is 9.53 Å². The Balaban J connectivity index is 2.13. The van der Waals surface area contributed by atoms with Gasteiger partial charge in [-0.05, 0) is 55.8 Å². The highest BCUT2D eigenvalue weighted by molar-refractivity contribution is 6.30. The summed E-state index contributed by atoms with van der Waals surface area (Å²) in [7, 11) is 1.60. The molecule has 2 aromatic carbocycles. The fraction of sp³-hybridized carbons (Fsp3) is 0.167. The summed E-state index contributed by atoms with van der Waals surface area (Å²) in [6.45, 7) is 3.83. The number of anilines is 1. The van der Waals surface area contributed by atoms with Gasteiger partial charge in [-0.15, -0.1) is 0 Å². The first kappa shape index (κ1) is 16.1. The Kier molecular flexibility index (Phi) is 5.23. The van der Waals surface area contributed by atoms with E-state index in [4.69, 9.17) is 16.3 Å². The van der Waals surface area contributed by atoms with Gasteiger partial charge in [0.05, 0.1) is 7.11 Å². The molecule has 0 bridgehead atoms. The molecule has 0 atom stereocenters. The Morgan fingerprint density at radius 1 is 1.18 bits per heavy atom. The number of aryl methyl sites for hydroxylation is 1. The lowest BCUT2D eigenvalue weighted by Crippen LogP contribution is -2.02. The van der Waals surface area contributed by atoms with Crippen molar-refractivity contribution in [1.29, 1.82) is 0 Å². The number of methoxy groups -OCH3 is 1. The van der Waals surface area contributed by atoms with Crippen LogP contribution in [0.3, 0.4) is 0 Å². The average molecular weight is 316 g/mol. The summed E-state index contributed by atoms with van der Waals surface area (Å²) in [4.78, 5) is 12.2. The van der Waals surface area contributed by atoms with E-state index in [-0.39, 0.29) is 5.78 Å². The zero-order chi connectivity index (χ0) is 16.1. The van der Waals surface area contributed by atoms with E-state index in [1.807, 2.05) is 32.0 Å². The molecular formula is C18H18ClNO2. The van der Waals surface area contributed by atoms with Gasteiger partial charge in [-0.2, -0.15) is 0 Å². The minimum atomic E-state index is -0.0627. The molecule has 0 aliphatic rings. The largest absolute Gasteiger partial charge is 0.497 e. The molecule has 0 aliphatic heterocycles. The normalized spacial score (nSPS) is 11.2. The number of carbonyl (C=O) groups is 1. The Hall–Kier alpha value is -2.26. The van der Waals surface area contributed by atoms with E-state index in [1.54, 1.807) is 37.5 Å². The summed E-state index contributed by atoms with van der Waals surface area (Å²) in [6.07, 6.45) is 1.57. The van der Waals surface area contributed by atoms with E-state index in [2.05, 4.69) is 5.32 Å². The number of rotatable bonds is 5. The summed E-state index contributed by atoms with van der Waals surface area (Å²) in [5, 5.41) is 3.86. The molecule has 0 saturated heterocycles. The SMILES string of the molecule is COc1ccc(C(=O)/C=C(\C)Nc2cc(Cl)ccc2C)cc1. The summed E-state index contributed by atoms with van der Waals surface area (Å²) in [6, 6.07) is 12.6. The van der Waals surface area contributed by atoms with Crippen LogP contribution in [-0.2, 0) is 0 Å². The third kappa shape index (κ3) is 4.12. The smallest absolute Gasteiger partial charge is 0.187 e. The molecule has 1 N–H and O–H groups in total. The highest BCUT2D eigenvalue weighted by Crippen LogP contribution is 2.21. The summed E-state index contributed by atoms with van der Waals surface area (Å²) >= 11 is 5.99. The van der Waals surface area contributed by atoms with Crippen LogP contribution >= 0.6 is 11.6 Å². The minimum absolute atomic E-state index is 0.0627. The number of halogens is 1. The van der Waals surface area contributed by atoms with E-state index in [0.29, 0.717) is 10.6 Å². The number of nitrogens with one attached hydrogen (secondary N) is 1. The first-order valence-corrected chi connectivity index (χ1v) is 7.27. The summed E-state index contributed by atoms with van der Waals surface area (Å²) in [5.74, 6) is 0.664. The van der Waals surface area contributed by atoms with Gasteiger partial charge in [0.1, 0.15) is 5.75 Å². The second-order valence-corrected chi connectivity index (χ2v) is 5.44. The van der Waals surface area contributed by atoms with Gasteiger partial charge in [0.2, 0.25) is 0 Å². The Morgan fingerprint density at radius 2 is 1.86 bits per heavy atom. The molecule has 0 saturated carbocycles. The number of ether oxygens (including phenoxy) is 1. The van der Waals surface area contributed by atoms with Crippen LogP contribution in [0.4, 0.5) is 5.69 Å². The molecule has 0 aliphatic carbocycles. The monoisotopic (exact) mass is 315 g/mol. The molecule has 0 amide bonds. The molecule has 0 radical (unpaired) electrons. The van der Waals surface area contributed by atoms with Crippen LogP contribution in [0.2, 0.25) is 5.02 Å². The van der Waals surface area contributed by atoms with Gasteiger partial charge in [-0.25, -0.2) is 0 Å². The molecule has 0 spiro atoms. The zero-order valence-corrected chi connectivity index (χ0v) is 13.6. The van der Waals surface area contributed by atoms with Crippen LogP contribution in [0.25, 0.3) is 0 Å². The Bertz CT molecular complexity index is 706. The van der Waals surface area contributed by atoms with Crippen LogP contribution in [0.15, 0.2) is 54.2 Å². The number of benzene rings is 2. The second kappa shape index (κ2) is 7.14. The molecule has 0 heterocycles. The lowest BCUT2D eigenvalue weighted by molar-refractivity contribution is 0.104. The molecular weight excluding hydrogens is 298 g/mol. The van der Waals surface area contributed by atoms with Crippen molar-refractivity contribution in [3.05, 3.63) is 70.4 Å². The second-order valence-electron chi connectivity index (χ2n) is 5.00. The third-order valence-electron chi connectivity index (χ3n) is 3.25. The molecule has 2 rings (SSSR count). The summed E-state index contributed by atoms with van der Waals surface area (Å²) < 4.78 is 5.08. The standard InChI is InChI=1S/C18H18ClNO2/c1-12-4-7-15(19)11-17(12)20-13(2)10-18(21)14-5-8-16(22-3)9-6-14/h4-11,20H,1-3H3/b13-10+. The first-order valence-electron chi connectivity index (χ1n) is 6.89. The van der Waals surface area contributed by atoms with Gasteiger partial charge in [0.25, 0.3) is 0 Å². The van der Waals surface area contributed by atoms with Crippen molar-refractivity contribution in [2.24, 2.45) is 0 Å². The lowest BCUT2D eigenvalue weighted by atomic mass is 10.1. The van der Waals surface area contributed by atoms with Crippen molar-refractivity contribution in [1.82, 2.24) is 0 Å². The fourth-order valence-electron chi connectivity index (χ4n) is 2.01. The van der Waals surface area contributed by atoms with Gasteiger partial charge < -0.3 is 10.1 Å². The van der Waals surface area contributed by atoms with Crippen molar-refractivity contribution in [2.45, 2.75) is 13.8 Å². The van der Waals surface area contributed by atoms with Crippen LogP contribution in [0.5, 0.6) is 5.75 Å². The molecule has 2 aromatic rings. The van der Waals surface area contributed by atoms with Crippen LogP contribution < -0.4 is 10.1 Å². The van der Waals surface area contributed by atoms with Gasteiger partial charge in [0, 0.05) is 28.0 Å². The fourth-order valence-corrected chi connectivity index (χ4v) is 2.18. The van der Waals surface area contributed by atoms with E-state index in [1.165, 1.54) is 0 Å². The molecule has 0 fully saturated rings. The van der Waals surface area contributed by atoms with Crippen molar-refractivity contribution in [2.75, 3.05) is 12.4 Å². The van der Waals surface area contributed by atoms with Crippen molar-refractivity contribution in [3.8, 4) is 5.75 Å². The van der Waals surface area contributed by atoms with Crippen LogP contribution in [0, 0.1) is 6.92 Å². The maximum atomic E-state index is 12.2. The zero-order valence-electron chi connectivity index (χ0n) is 12.8. The van der Waals surface area contributed by atoms with Gasteiger partial charge in [-0.1, -0.05) is 17.7 Å². The van der Waals surface area contributed by atoms with E-state index < -0.39 is 0 Å². The predicted octanol–water partition coefficient (Wildman–Crippen LogP) is 4.86. The topological polar surface area (TPSA) is 38.3 Å². The molecule has 114 valence electrons.